The number of rotatable bonds is 11. The number of aromatic nitrogens is 2. The van der Waals surface area contributed by atoms with E-state index < -0.39 is 0 Å². The molecule has 1 aromatic heterocycles. The van der Waals surface area contributed by atoms with E-state index in [4.69, 9.17) is 14.6 Å². The molecule has 20 heavy (non-hydrogen) atoms. The molecule has 0 radical (unpaired) electrons. The Labute approximate surface area is 119 Å². The summed E-state index contributed by atoms with van der Waals surface area (Å²) in [5.74, 6) is 0.608. The monoisotopic (exact) mass is 284 g/mol. The minimum absolute atomic E-state index is 0.0629. The zero-order chi connectivity index (χ0) is 14.6. The molecule has 0 aromatic carbocycles. The Morgan fingerprint density at radius 2 is 1.85 bits per heavy atom. The van der Waals surface area contributed by atoms with Crippen LogP contribution < -0.4 is 10.2 Å². The van der Waals surface area contributed by atoms with Crippen LogP contribution >= 0.6 is 0 Å². The van der Waals surface area contributed by atoms with E-state index in [2.05, 4.69) is 15.3 Å². The van der Waals surface area contributed by atoms with Gasteiger partial charge in [0.05, 0.1) is 19.8 Å². The average molecular weight is 284 g/mol. The molecule has 0 amide bonds. The van der Waals surface area contributed by atoms with Gasteiger partial charge in [-0.25, -0.2) is 9.97 Å². The van der Waals surface area contributed by atoms with Gasteiger partial charge in [-0.2, -0.15) is 0 Å². The predicted octanol–water partition coefficient (Wildman–Crippen LogP) is -0.342. The number of ether oxygens (including phenoxy) is 2. The van der Waals surface area contributed by atoms with Crippen LogP contribution in [0.15, 0.2) is 12.4 Å². The fourth-order valence-electron chi connectivity index (χ4n) is 1.64. The van der Waals surface area contributed by atoms with Gasteiger partial charge in [0, 0.05) is 58.4 Å². The number of nitrogens with one attached hydrogen (secondary N) is 1. The summed E-state index contributed by atoms with van der Waals surface area (Å²) in [5, 5.41) is 12.3. The third kappa shape index (κ3) is 6.25. The number of methoxy groups -OCH3 is 2. The average Bonchev–Trinajstić information content (AvgIpc) is 2.49. The molecule has 0 bridgehead atoms. The molecule has 0 saturated carbocycles. The van der Waals surface area contributed by atoms with Gasteiger partial charge in [0.1, 0.15) is 0 Å². The van der Waals surface area contributed by atoms with Gasteiger partial charge in [-0.15, -0.1) is 0 Å². The SMILES string of the molecule is COCCNCc1cnc(N(CCO)CCOC)nc1. The first-order valence-electron chi connectivity index (χ1n) is 6.67. The van der Waals surface area contributed by atoms with Crippen molar-refractivity contribution in [2.45, 2.75) is 6.54 Å². The zero-order valence-electron chi connectivity index (χ0n) is 12.2. The van der Waals surface area contributed by atoms with Crippen molar-refractivity contribution in [2.75, 3.05) is 58.6 Å². The lowest BCUT2D eigenvalue weighted by atomic mass is 10.3. The molecule has 0 aliphatic heterocycles. The molecule has 0 saturated heterocycles. The van der Waals surface area contributed by atoms with Crippen molar-refractivity contribution in [3.05, 3.63) is 18.0 Å². The second-order valence-electron chi connectivity index (χ2n) is 4.26. The van der Waals surface area contributed by atoms with Crippen molar-refractivity contribution in [3.63, 3.8) is 0 Å². The third-order valence-corrected chi connectivity index (χ3v) is 2.72. The van der Waals surface area contributed by atoms with Gasteiger partial charge in [-0.05, 0) is 0 Å². The first-order valence-corrected chi connectivity index (χ1v) is 6.67. The Bertz CT molecular complexity index is 348. The maximum Gasteiger partial charge on any atom is 0.225 e. The molecular weight excluding hydrogens is 260 g/mol. The fourth-order valence-corrected chi connectivity index (χ4v) is 1.64. The van der Waals surface area contributed by atoms with E-state index in [-0.39, 0.29) is 6.61 Å². The molecule has 1 rings (SSSR count). The standard InChI is InChI=1S/C13H24N4O3/c1-19-7-3-14-9-12-10-15-13(16-11-12)17(4-6-18)5-8-20-2/h10-11,14,18H,3-9H2,1-2H3. The van der Waals surface area contributed by atoms with Gasteiger partial charge < -0.3 is 24.8 Å². The van der Waals surface area contributed by atoms with Crippen LogP contribution in [-0.4, -0.2) is 68.7 Å². The van der Waals surface area contributed by atoms with Gasteiger partial charge in [0.25, 0.3) is 0 Å². The Balaban J connectivity index is 2.49. The van der Waals surface area contributed by atoms with Crippen molar-refractivity contribution in [1.82, 2.24) is 15.3 Å². The van der Waals surface area contributed by atoms with E-state index in [1.807, 2.05) is 4.90 Å². The topological polar surface area (TPSA) is 79.7 Å². The number of hydrogen-bond acceptors (Lipinski definition) is 7. The molecule has 0 aliphatic rings. The lowest BCUT2D eigenvalue weighted by molar-refractivity contribution is 0.199. The van der Waals surface area contributed by atoms with E-state index >= 15 is 0 Å². The normalized spacial score (nSPS) is 10.8. The summed E-state index contributed by atoms with van der Waals surface area (Å²) in [5.41, 5.74) is 1.01. The lowest BCUT2D eigenvalue weighted by Gasteiger charge is -2.21. The van der Waals surface area contributed by atoms with Crippen LogP contribution in [0, 0.1) is 0 Å². The van der Waals surface area contributed by atoms with Crippen LogP contribution in [0.1, 0.15) is 5.56 Å². The molecule has 0 aliphatic carbocycles. The Morgan fingerprint density at radius 3 is 2.45 bits per heavy atom. The second-order valence-corrected chi connectivity index (χ2v) is 4.26. The Kier molecular flexibility index (Phi) is 8.81. The summed E-state index contributed by atoms with van der Waals surface area (Å²) >= 11 is 0. The van der Waals surface area contributed by atoms with Crippen LogP contribution in [0.5, 0.6) is 0 Å². The first-order chi connectivity index (χ1) is 9.81. The molecule has 2 N–H and O–H groups in total. The number of aliphatic hydroxyl groups excluding tert-OH is 1. The van der Waals surface area contributed by atoms with E-state index in [0.29, 0.717) is 38.8 Å². The molecule has 7 heteroatoms. The Hall–Kier alpha value is -1.28. The van der Waals surface area contributed by atoms with Crippen molar-refractivity contribution < 1.29 is 14.6 Å². The fraction of sp³-hybridized carbons (Fsp3) is 0.692. The largest absolute Gasteiger partial charge is 0.395 e. The highest BCUT2D eigenvalue weighted by molar-refractivity contribution is 5.29. The summed E-state index contributed by atoms with van der Waals surface area (Å²) in [6.45, 7) is 3.97. The summed E-state index contributed by atoms with van der Waals surface area (Å²) in [4.78, 5) is 10.5. The smallest absolute Gasteiger partial charge is 0.225 e. The molecule has 0 spiro atoms. The van der Waals surface area contributed by atoms with Crippen molar-refractivity contribution in [3.8, 4) is 0 Å². The van der Waals surface area contributed by atoms with Crippen LogP contribution in [0.3, 0.4) is 0 Å². The van der Waals surface area contributed by atoms with Gasteiger partial charge in [-0.1, -0.05) is 0 Å². The van der Waals surface area contributed by atoms with Crippen LogP contribution in [-0.2, 0) is 16.0 Å². The molecular formula is C13H24N4O3. The number of nitrogens with zero attached hydrogens (tertiary/aromatic N) is 3. The number of hydrogen-bond donors (Lipinski definition) is 2. The van der Waals surface area contributed by atoms with Crippen molar-refractivity contribution in [1.29, 1.82) is 0 Å². The molecule has 0 atom stereocenters. The maximum atomic E-state index is 9.06. The van der Waals surface area contributed by atoms with Crippen molar-refractivity contribution in [2.24, 2.45) is 0 Å². The maximum absolute atomic E-state index is 9.06. The highest BCUT2D eigenvalue weighted by Gasteiger charge is 2.08. The minimum Gasteiger partial charge on any atom is -0.395 e. The van der Waals surface area contributed by atoms with Gasteiger partial charge in [-0.3, -0.25) is 0 Å². The highest BCUT2D eigenvalue weighted by atomic mass is 16.5. The van der Waals surface area contributed by atoms with E-state index in [0.717, 1.165) is 12.1 Å². The van der Waals surface area contributed by atoms with Gasteiger partial charge in [0.15, 0.2) is 0 Å². The highest BCUT2D eigenvalue weighted by Crippen LogP contribution is 2.06. The summed E-state index contributed by atoms with van der Waals surface area (Å²) in [6, 6.07) is 0. The molecule has 0 fully saturated rings. The molecule has 1 heterocycles. The zero-order valence-corrected chi connectivity index (χ0v) is 12.2. The van der Waals surface area contributed by atoms with E-state index in [1.165, 1.54) is 0 Å². The summed E-state index contributed by atoms with van der Waals surface area (Å²) < 4.78 is 10.00. The first kappa shape index (κ1) is 16.8. The number of anilines is 1. The Morgan fingerprint density at radius 1 is 1.15 bits per heavy atom. The molecule has 1 aromatic rings. The van der Waals surface area contributed by atoms with Gasteiger partial charge >= 0.3 is 0 Å². The number of aliphatic hydroxyl groups is 1. The van der Waals surface area contributed by atoms with Crippen molar-refractivity contribution >= 4 is 5.95 Å². The molecule has 114 valence electrons. The van der Waals surface area contributed by atoms with Crippen LogP contribution in [0.2, 0.25) is 0 Å². The van der Waals surface area contributed by atoms with Gasteiger partial charge in [0.2, 0.25) is 5.95 Å². The third-order valence-electron chi connectivity index (χ3n) is 2.72. The molecule has 0 unspecified atom stereocenters. The van der Waals surface area contributed by atoms with E-state index in [1.54, 1.807) is 26.6 Å². The summed E-state index contributed by atoms with van der Waals surface area (Å²) in [6.07, 6.45) is 3.58. The minimum atomic E-state index is 0.0629. The second kappa shape index (κ2) is 10.5. The summed E-state index contributed by atoms with van der Waals surface area (Å²) in [7, 11) is 3.32. The lowest BCUT2D eigenvalue weighted by Crippen LogP contribution is -2.31. The van der Waals surface area contributed by atoms with Crippen LogP contribution in [0.4, 0.5) is 5.95 Å². The quantitative estimate of drug-likeness (QED) is 0.538. The molecule has 7 nitrogen and oxygen atoms in total. The predicted molar refractivity (Wildman–Crippen MR) is 76.8 cm³/mol. The van der Waals surface area contributed by atoms with Crippen LogP contribution in [0.25, 0.3) is 0 Å². The van der Waals surface area contributed by atoms with E-state index in [9.17, 15) is 0 Å².